The highest BCUT2D eigenvalue weighted by atomic mass is 16.4. The zero-order chi connectivity index (χ0) is 33.4. The van der Waals surface area contributed by atoms with Crippen molar-refractivity contribution >= 4 is 17.9 Å². The fraction of sp³-hybridized carbons (Fsp3) is 0.432. The van der Waals surface area contributed by atoms with E-state index in [1.807, 2.05) is 36.0 Å². The molecule has 7 atom stereocenters. The average Bonchev–Trinajstić information content (AvgIpc) is 3.66. The van der Waals surface area contributed by atoms with E-state index in [2.05, 4.69) is 63.5 Å². The number of fused-ring (bicyclic) bond motifs is 2. The summed E-state index contributed by atoms with van der Waals surface area (Å²) < 4.78 is 0. The summed E-state index contributed by atoms with van der Waals surface area (Å²) in [5.41, 5.74) is 6.05. The molecule has 0 radical (unpaired) electrons. The molecule has 2 aliphatic carbocycles. The number of piperidine rings is 2. The minimum Gasteiger partial charge on any atom is -0.465 e. The number of H-pyrrole nitrogens is 2. The Hall–Kier alpha value is -4.93. The van der Waals surface area contributed by atoms with Gasteiger partial charge in [0.1, 0.15) is 17.7 Å². The van der Waals surface area contributed by atoms with Crippen molar-refractivity contribution in [3.63, 3.8) is 0 Å². The maximum atomic E-state index is 13.8. The largest absolute Gasteiger partial charge is 0.465 e. The van der Waals surface area contributed by atoms with Crippen molar-refractivity contribution in [3.8, 4) is 33.6 Å². The molecule has 0 unspecified atom stereocenters. The van der Waals surface area contributed by atoms with E-state index in [1.165, 1.54) is 7.05 Å². The van der Waals surface area contributed by atoms with Gasteiger partial charge in [-0.25, -0.2) is 14.8 Å². The number of likely N-dealkylation sites (tertiary alicyclic amines) is 2. The summed E-state index contributed by atoms with van der Waals surface area (Å²) in [6.45, 7) is 5.43. The lowest BCUT2D eigenvalue weighted by Crippen LogP contribution is -2.52. The molecule has 4 fully saturated rings. The molecule has 2 saturated heterocycles. The summed E-state index contributed by atoms with van der Waals surface area (Å²) >= 11 is 0. The Labute approximate surface area is 279 Å². The molecule has 11 heteroatoms. The Kier molecular flexibility index (Phi) is 7.19. The first kappa shape index (κ1) is 30.4. The van der Waals surface area contributed by atoms with Gasteiger partial charge in [-0.15, -0.1) is 0 Å². The molecule has 2 saturated carbocycles. The molecule has 2 aromatic heterocycles. The number of hydrogen-bond donors (Lipinski definition) is 3. The normalized spacial score (nSPS) is 25.9. The molecular formula is C37H41N7O4. The van der Waals surface area contributed by atoms with Gasteiger partial charge in [0, 0.05) is 26.1 Å². The number of nitrogens with zero attached hydrogens (tertiary/aromatic N) is 5. The average molecular weight is 648 g/mol. The first-order valence-electron chi connectivity index (χ1n) is 17.0. The Morgan fingerprint density at radius 3 is 1.62 bits per heavy atom. The van der Waals surface area contributed by atoms with E-state index in [1.54, 1.807) is 6.92 Å². The van der Waals surface area contributed by atoms with Gasteiger partial charge in [-0.05, 0) is 65.7 Å². The maximum absolute atomic E-state index is 13.8. The van der Waals surface area contributed by atoms with Gasteiger partial charge in [-0.2, -0.15) is 0 Å². The number of carbonyl (C=O) groups excluding carboxylic acids is 2. The van der Waals surface area contributed by atoms with Gasteiger partial charge in [-0.3, -0.25) is 14.5 Å². The van der Waals surface area contributed by atoms with Crippen LogP contribution in [0.15, 0.2) is 60.9 Å². The number of aromatic nitrogens is 4. The quantitative estimate of drug-likeness (QED) is 0.211. The van der Waals surface area contributed by atoms with Gasteiger partial charge in [0.2, 0.25) is 11.8 Å². The van der Waals surface area contributed by atoms with Crippen molar-refractivity contribution < 1.29 is 19.5 Å². The second-order valence-electron chi connectivity index (χ2n) is 14.4. The van der Waals surface area contributed by atoms with Crippen LogP contribution in [0.25, 0.3) is 33.6 Å². The lowest BCUT2D eigenvalue weighted by molar-refractivity contribution is -0.139. The van der Waals surface area contributed by atoms with Crippen molar-refractivity contribution in [1.29, 1.82) is 0 Å². The minimum absolute atomic E-state index is 0.0389. The lowest BCUT2D eigenvalue weighted by atomic mass is 10.0. The number of amides is 3. The fourth-order valence-electron chi connectivity index (χ4n) is 8.33. The maximum Gasteiger partial charge on any atom is 0.407 e. The van der Waals surface area contributed by atoms with Crippen LogP contribution in [-0.2, 0) is 9.59 Å². The summed E-state index contributed by atoms with van der Waals surface area (Å²) in [7, 11) is 1.47. The fourth-order valence-corrected chi connectivity index (χ4v) is 8.33. The highest BCUT2D eigenvalue weighted by molar-refractivity contribution is 5.87. The molecule has 4 heterocycles. The Bertz CT molecular complexity index is 1880. The SMILES string of the molecule is CC(=O)N1[C@@H]2C[C@@H]2C[C@H]1c1ncc(-c2ccc(-c3ccc(-c4cnc([C@@H]5C[C@H]6C[C@H]6N5C(=O)[C@H](C(C)C)N(C)C(=O)O)[nH]4)cc3)cc2)[nH]1. The highest BCUT2D eigenvalue weighted by Crippen LogP contribution is 2.54. The third kappa shape index (κ3) is 5.16. The van der Waals surface area contributed by atoms with Crippen molar-refractivity contribution in [1.82, 2.24) is 34.6 Å². The molecule has 4 aliphatic rings. The van der Waals surface area contributed by atoms with Gasteiger partial charge in [0.25, 0.3) is 0 Å². The van der Waals surface area contributed by atoms with Gasteiger partial charge in [0.15, 0.2) is 0 Å². The Morgan fingerprint density at radius 2 is 1.19 bits per heavy atom. The molecule has 2 aliphatic heterocycles. The molecule has 8 rings (SSSR count). The smallest absolute Gasteiger partial charge is 0.407 e. The summed E-state index contributed by atoms with van der Waals surface area (Å²) in [5, 5.41) is 9.62. The van der Waals surface area contributed by atoms with E-state index in [-0.39, 0.29) is 35.9 Å². The summed E-state index contributed by atoms with van der Waals surface area (Å²) in [5.74, 6) is 2.49. The predicted octanol–water partition coefficient (Wildman–Crippen LogP) is 6.11. The van der Waals surface area contributed by atoms with Crippen LogP contribution in [0.3, 0.4) is 0 Å². The third-order valence-electron chi connectivity index (χ3n) is 11.0. The first-order chi connectivity index (χ1) is 23.1. The molecule has 4 aromatic rings. The Morgan fingerprint density at radius 1 is 0.750 bits per heavy atom. The second kappa shape index (κ2) is 11.4. The van der Waals surface area contributed by atoms with Crippen molar-refractivity contribution in [2.24, 2.45) is 17.8 Å². The number of carbonyl (C=O) groups is 3. The lowest BCUT2D eigenvalue weighted by Gasteiger charge is -2.35. The monoisotopic (exact) mass is 647 g/mol. The van der Waals surface area contributed by atoms with E-state index in [9.17, 15) is 19.5 Å². The zero-order valence-corrected chi connectivity index (χ0v) is 27.6. The molecule has 48 heavy (non-hydrogen) atoms. The van der Waals surface area contributed by atoms with E-state index in [0.29, 0.717) is 17.9 Å². The number of imidazole rings is 2. The first-order valence-corrected chi connectivity index (χ1v) is 17.0. The van der Waals surface area contributed by atoms with E-state index in [4.69, 9.17) is 4.98 Å². The van der Waals surface area contributed by atoms with Crippen LogP contribution in [0, 0.1) is 17.8 Å². The van der Waals surface area contributed by atoms with E-state index >= 15 is 0 Å². The Balaban J connectivity index is 0.954. The number of aromatic amines is 2. The van der Waals surface area contributed by atoms with Crippen LogP contribution in [0.2, 0.25) is 0 Å². The highest BCUT2D eigenvalue weighted by Gasteiger charge is 2.57. The van der Waals surface area contributed by atoms with Crippen LogP contribution < -0.4 is 0 Å². The number of likely N-dealkylation sites (N-methyl/N-ethyl adjacent to an activating group) is 1. The minimum atomic E-state index is -1.10. The van der Waals surface area contributed by atoms with Gasteiger partial charge in [0.05, 0.1) is 35.9 Å². The molecule has 11 nitrogen and oxygen atoms in total. The molecular weight excluding hydrogens is 606 g/mol. The van der Waals surface area contributed by atoms with Crippen LogP contribution in [0.5, 0.6) is 0 Å². The molecule has 3 amide bonds. The van der Waals surface area contributed by atoms with Crippen molar-refractivity contribution in [2.45, 2.75) is 76.7 Å². The number of benzene rings is 2. The van der Waals surface area contributed by atoms with Crippen LogP contribution in [-0.4, -0.2) is 82.8 Å². The zero-order valence-electron chi connectivity index (χ0n) is 27.6. The topological polar surface area (TPSA) is 139 Å². The molecule has 0 bridgehead atoms. The van der Waals surface area contributed by atoms with Crippen LogP contribution >= 0.6 is 0 Å². The van der Waals surface area contributed by atoms with Gasteiger partial charge < -0.3 is 24.9 Å². The van der Waals surface area contributed by atoms with Gasteiger partial charge in [-0.1, -0.05) is 62.4 Å². The molecule has 248 valence electrons. The molecule has 0 spiro atoms. The van der Waals surface area contributed by atoms with Crippen LogP contribution in [0.4, 0.5) is 4.79 Å². The molecule has 3 N–H and O–H groups in total. The van der Waals surface area contributed by atoms with Crippen LogP contribution in [0.1, 0.15) is 70.2 Å². The predicted molar refractivity (Wildman–Crippen MR) is 179 cm³/mol. The summed E-state index contributed by atoms with van der Waals surface area (Å²) in [6.07, 6.45) is 6.47. The molecule has 2 aromatic carbocycles. The van der Waals surface area contributed by atoms with E-state index in [0.717, 1.165) is 75.9 Å². The standard InChI is InChI=1S/C37H41N7O4/c1-19(2)33(42(4)37(47)48)36(46)44-30-14-26(30)16-32(44)35-39-18-28(41-35)24-11-7-22(8-12-24)21-5-9-23(10-6-21)27-17-38-34(40-27)31-15-25-13-29(25)43(31)20(3)45/h5-12,17-19,25-26,29-33H,13-16H2,1-4H3,(H,38,40)(H,39,41)(H,47,48)/t25-,26-,29-,30-,31+,32+,33+/m1/s1. The summed E-state index contributed by atoms with van der Waals surface area (Å²) in [6, 6.07) is 16.4. The van der Waals surface area contributed by atoms with Gasteiger partial charge >= 0.3 is 6.09 Å². The van der Waals surface area contributed by atoms with Crippen molar-refractivity contribution in [3.05, 3.63) is 72.6 Å². The number of nitrogens with one attached hydrogen (secondary N) is 2. The van der Waals surface area contributed by atoms with Crippen molar-refractivity contribution in [2.75, 3.05) is 7.05 Å². The number of hydrogen-bond acceptors (Lipinski definition) is 5. The number of rotatable bonds is 8. The summed E-state index contributed by atoms with van der Waals surface area (Å²) in [4.78, 5) is 59.1. The van der Waals surface area contributed by atoms with E-state index < -0.39 is 12.1 Å². The number of carboxylic acid groups (broad SMARTS) is 1. The second-order valence-corrected chi connectivity index (χ2v) is 14.4. The third-order valence-corrected chi connectivity index (χ3v) is 11.0.